The van der Waals surface area contributed by atoms with Crippen LogP contribution in [0.3, 0.4) is 0 Å². The van der Waals surface area contributed by atoms with E-state index >= 15 is 0 Å². The summed E-state index contributed by atoms with van der Waals surface area (Å²) in [6, 6.07) is 7.67. The maximum Gasteiger partial charge on any atom is 0.311 e. The van der Waals surface area contributed by atoms with Crippen LogP contribution >= 0.6 is 0 Å². The Morgan fingerprint density at radius 3 is 2.73 bits per heavy atom. The molecule has 0 N–H and O–H groups in total. The molecule has 0 heterocycles. The first-order valence-corrected chi connectivity index (χ1v) is 5.41. The lowest BCUT2D eigenvalue weighted by Gasteiger charge is -2.07. The molecule has 0 spiro atoms. The van der Waals surface area contributed by atoms with Gasteiger partial charge in [-0.05, 0) is 30.0 Å². The Morgan fingerprint density at radius 2 is 2.13 bits per heavy atom. The molecular weight excluding hydrogens is 188 g/mol. The molecular formula is C13H18O2. The van der Waals surface area contributed by atoms with E-state index in [1.54, 1.807) is 0 Å². The lowest BCUT2D eigenvalue weighted by atomic mass is 10.1. The van der Waals surface area contributed by atoms with Gasteiger partial charge in [0, 0.05) is 6.42 Å². The van der Waals surface area contributed by atoms with Gasteiger partial charge in [0.1, 0.15) is 5.75 Å². The van der Waals surface area contributed by atoms with Crippen LogP contribution in [0.25, 0.3) is 0 Å². The van der Waals surface area contributed by atoms with Crippen molar-refractivity contribution in [2.75, 3.05) is 0 Å². The molecule has 0 bridgehead atoms. The first-order valence-electron chi connectivity index (χ1n) is 5.41. The summed E-state index contributed by atoms with van der Waals surface area (Å²) in [5.41, 5.74) is 1.19. The SMILES string of the molecule is CCc1cccc(OC(=O)CC(C)C)c1. The van der Waals surface area contributed by atoms with Crippen molar-refractivity contribution >= 4 is 5.97 Å². The largest absolute Gasteiger partial charge is 0.427 e. The molecule has 0 unspecified atom stereocenters. The minimum absolute atomic E-state index is 0.154. The van der Waals surface area contributed by atoms with Gasteiger partial charge in [0.2, 0.25) is 0 Å². The van der Waals surface area contributed by atoms with E-state index in [4.69, 9.17) is 4.74 Å². The van der Waals surface area contributed by atoms with Crippen LogP contribution in [0.1, 0.15) is 32.8 Å². The number of rotatable bonds is 4. The second-order valence-electron chi connectivity index (χ2n) is 4.07. The Balaban J connectivity index is 2.60. The fourth-order valence-corrected chi connectivity index (χ4v) is 1.34. The van der Waals surface area contributed by atoms with Gasteiger partial charge in [0.25, 0.3) is 0 Å². The van der Waals surface area contributed by atoms with Crippen molar-refractivity contribution in [1.82, 2.24) is 0 Å². The molecule has 0 aliphatic carbocycles. The van der Waals surface area contributed by atoms with E-state index < -0.39 is 0 Å². The third-order valence-corrected chi connectivity index (χ3v) is 2.11. The molecule has 0 fully saturated rings. The molecule has 1 aromatic rings. The average Bonchev–Trinajstić information content (AvgIpc) is 2.16. The molecule has 15 heavy (non-hydrogen) atoms. The molecule has 0 atom stereocenters. The van der Waals surface area contributed by atoms with Crippen molar-refractivity contribution in [3.05, 3.63) is 29.8 Å². The lowest BCUT2D eigenvalue weighted by molar-refractivity contribution is -0.135. The van der Waals surface area contributed by atoms with E-state index in [0.29, 0.717) is 18.1 Å². The van der Waals surface area contributed by atoms with Crippen LogP contribution in [-0.2, 0) is 11.2 Å². The first-order chi connectivity index (χ1) is 7.11. The number of hydrogen-bond acceptors (Lipinski definition) is 2. The van der Waals surface area contributed by atoms with Gasteiger partial charge in [0.15, 0.2) is 0 Å². The van der Waals surface area contributed by atoms with E-state index in [9.17, 15) is 4.79 Å². The van der Waals surface area contributed by atoms with Crippen LogP contribution in [-0.4, -0.2) is 5.97 Å². The summed E-state index contributed by atoms with van der Waals surface area (Å²) < 4.78 is 5.23. The molecule has 2 heteroatoms. The van der Waals surface area contributed by atoms with Crippen LogP contribution in [0.5, 0.6) is 5.75 Å². The molecule has 0 saturated heterocycles. The van der Waals surface area contributed by atoms with Crippen LogP contribution in [0.15, 0.2) is 24.3 Å². The van der Waals surface area contributed by atoms with E-state index in [2.05, 4.69) is 6.92 Å². The summed E-state index contributed by atoms with van der Waals surface area (Å²) >= 11 is 0. The minimum Gasteiger partial charge on any atom is -0.427 e. The predicted molar refractivity (Wildman–Crippen MR) is 60.9 cm³/mol. The average molecular weight is 206 g/mol. The van der Waals surface area contributed by atoms with Crippen molar-refractivity contribution in [1.29, 1.82) is 0 Å². The second-order valence-corrected chi connectivity index (χ2v) is 4.07. The maximum absolute atomic E-state index is 11.4. The zero-order valence-electron chi connectivity index (χ0n) is 9.62. The van der Waals surface area contributed by atoms with Gasteiger partial charge < -0.3 is 4.74 Å². The van der Waals surface area contributed by atoms with Gasteiger partial charge in [-0.25, -0.2) is 0 Å². The molecule has 0 saturated carbocycles. The van der Waals surface area contributed by atoms with Gasteiger partial charge in [-0.15, -0.1) is 0 Å². The van der Waals surface area contributed by atoms with Crippen LogP contribution < -0.4 is 4.74 Å². The van der Waals surface area contributed by atoms with E-state index in [1.165, 1.54) is 5.56 Å². The summed E-state index contributed by atoms with van der Waals surface area (Å²) in [6.45, 7) is 6.09. The summed E-state index contributed by atoms with van der Waals surface area (Å²) in [4.78, 5) is 11.4. The van der Waals surface area contributed by atoms with Crippen LogP contribution in [0.4, 0.5) is 0 Å². The normalized spacial score (nSPS) is 10.4. The van der Waals surface area contributed by atoms with Gasteiger partial charge in [-0.1, -0.05) is 32.9 Å². The number of carbonyl (C=O) groups is 1. The first kappa shape index (κ1) is 11.8. The van der Waals surface area contributed by atoms with Crippen LogP contribution in [0, 0.1) is 5.92 Å². The molecule has 0 aliphatic heterocycles. The van der Waals surface area contributed by atoms with Gasteiger partial charge in [0.05, 0.1) is 0 Å². The second kappa shape index (κ2) is 5.54. The molecule has 1 aromatic carbocycles. The predicted octanol–water partition coefficient (Wildman–Crippen LogP) is 3.20. The number of aryl methyl sites for hydroxylation is 1. The summed E-state index contributed by atoms with van der Waals surface area (Å²) in [6.07, 6.45) is 1.42. The summed E-state index contributed by atoms with van der Waals surface area (Å²) in [7, 11) is 0. The highest BCUT2D eigenvalue weighted by molar-refractivity contribution is 5.72. The highest BCUT2D eigenvalue weighted by atomic mass is 16.5. The van der Waals surface area contributed by atoms with Crippen molar-refractivity contribution in [3.63, 3.8) is 0 Å². The summed E-state index contributed by atoms with van der Waals surface area (Å²) in [5.74, 6) is 0.838. The molecule has 0 amide bonds. The van der Waals surface area contributed by atoms with Gasteiger partial charge in [-0.3, -0.25) is 4.79 Å². The minimum atomic E-state index is -0.154. The number of hydrogen-bond donors (Lipinski definition) is 0. The molecule has 0 aliphatic rings. The zero-order chi connectivity index (χ0) is 11.3. The fraction of sp³-hybridized carbons (Fsp3) is 0.462. The molecule has 0 aromatic heterocycles. The van der Waals surface area contributed by atoms with Crippen molar-refractivity contribution in [2.24, 2.45) is 5.92 Å². The third kappa shape index (κ3) is 4.15. The van der Waals surface area contributed by atoms with Gasteiger partial charge in [-0.2, -0.15) is 0 Å². The third-order valence-electron chi connectivity index (χ3n) is 2.11. The number of esters is 1. The quantitative estimate of drug-likeness (QED) is 0.558. The number of ether oxygens (including phenoxy) is 1. The molecule has 0 radical (unpaired) electrons. The lowest BCUT2D eigenvalue weighted by Crippen LogP contribution is -2.10. The number of carbonyl (C=O) groups excluding carboxylic acids is 1. The van der Waals surface area contributed by atoms with Crippen LogP contribution in [0.2, 0.25) is 0 Å². The zero-order valence-corrected chi connectivity index (χ0v) is 9.62. The Kier molecular flexibility index (Phi) is 4.35. The molecule has 82 valence electrons. The Bertz CT molecular complexity index is 329. The van der Waals surface area contributed by atoms with E-state index in [-0.39, 0.29) is 5.97 Å². The highest BCUT2D eigenvalue weighted by Gasteiger charge is 2.07. The fourth-order valence-electron chi connectivity index (χ4n) is 1.34. The molecule has 2 nitrogen and oxygen atoms in total. The van der Waals surface area contributed by atoms with Crippen molar-refractivity contribution < 1.29 is 9.53 Å². The monoisotopic (exact) mass is 206 g/mol. The standard InChI is InChI=1S/C13H18O2/c1-4-11-6-5-7-12(9-11)15-13(14)8-10(2)3/h5-7,9-10H,4,8H2,1-3H3. The number of benzene rings is 1. The molecule has 1 rings (SSSR count). The maximum atomic E-state index is 11.4. The summed E-state index contributed by atoms with van der Waals surface area (Å²) in [5, 5.41) is 0. The van der Waals surface area contributed by atoms with Crippen molar-refractivity contribution in [2.45, 2.75) is 33.6 Å². The van der Waals surface area contributed by atoms with E-state index in [1.807, 2.05) is 38.1 Å². The Labute approximate surface area is 91.3 Å². The van der Waals surface area contributed by atoms with Gasteiger partial charge >= 0.3 is 5.97 Å². The highest BCUT2D eigenvalue weighted by Crippen LogP contribution is 2.15. The van der Waals surface area contributed by atoms with E-state index in [0.717, 1.165) is 6.42 Å². The van der Waals surface area contributed by atoms with Crippen molar-refractivity contribution in [3.8, 4) is 5.75 Å². The Morgan fingerprint density at radius 1 is 1.40 bits per heavy atom. The smallest absolute Gasteiger partial charge is 0.311 e. The topological polar surface area (TPSA) is 26.3 Å². The Hall–Kier alpha value is -1.31.